The van der Waals surface area contributed by atoms with Crippen molar-refractivity contribution >= 4 is 51.3 Å². The van der Waals surface area contributed by atoms with Gasteiger partial charge in [0.1, 0.15) is 10.5 Å². The summed E-state index contributed by atoms with van der Waals surface area (Å²) in [7, 11) is -4.22. The average molecular weight is 595 g/mol. The van der Waals surface area contributed by atoms with Gasteiger partial charge < -0.3 is 8.92 Å². The number of amides is 4. The molecule has 212 valence electrons. The number of carbonyl (C=O) groups is 3. The zero-order valence-electron chi connectivity index (χ0n) is 22.6. The monoisotopic (exact) mass is 594 g/mol. The molecule has 3 aromatic rings. The number of carbonyl (C=O) groups excluding carboxylic acids is 3. The number of hydrogen-bond acceptors (Lipinski definition) is 7. The van der Waals surface area contributed by atoms with E-state index in [0.29, 0.717) is 21.7 Å². The minimum Gasteiger partial charge on any atom is -0.490 e. The molecular weight excluding hydrogens is 568 g/mol. The van der Waals surface area contributed by atoms with Crippen LogP contribution in [0.25, 0.3) is 6.08 Å². The van der Waals surface area contributed by atoms with Gasteiger partial charge in [0.05, 0.1) is 12.3 Å². The van der Waals surface area contributed by atoms with Gasteiger partial charge in [0.2, 0.25) is 0 Å². The van der Waals surface area contributed by atoms with Crippen molar-refractivity contribution in [3.05, 3.63) is 100 Å². The van der Waals surface area contributed by atoms with Crippen LogP contribution in [0.3, 0.4) is 0 Å². The van der Waals surface area contributed by atoms with Gasteiger partial charge in [-0.15, -0.1) is 6.58 Å². The van der Waals surface area contributed by atoms with Crippen molar-refractivity contribution in [2.75, 3.05) is 11.5 Å². The number of imide groups is 2. The number of aryl methyl sites for hydroxylation is 2. The van der Waals surface area contributed by atoms with E-state index in [1.807, 2.05) is 6.92 Å². The Morgan fingerprint density at radius 3 is 2.39 bits per heavy atom. The van der Waals surface area contributed by atoms with Crippen LogP contribution >= 0.6 is 11.6 Å². The number of anilines is 1. The minimum atomic E-state index is -4.22. The summed E-state index contributed by atoms with van der Waals surface area (Å²) in [5.41, 5.74) is 2.10. The number of halogens is 1. The lowest BCUT2D eigenvalue weighted by atomic mass is 10.0. The van der Waals surface area contributed by atoms with E-state index in [4.69, 9.17) is 20.5 Å². The number of rotatable bonds is 9. The summed E-state index contributed by atoms with van der Waals surface area (Å²) >= 11 is 6.10. The molecule has 1 N–H and O–H groups in total. The van der Waals surface area contributed by atoms with Crippen LogP contribution in [0.2, 0.25) is 5.02 Å². The highest BCUT2D eigenvalue weighted by Crippen LogP contribution is 2.37. The first-order chi connectivity index (χ1) is 19.4. The van der Waals surface area contributed by atoms with E-state index in [1.54, 1.807) is 50.3 Å². The molecule has 0 aliphatic carbocycles. The number of barbiturate groups is 1. The van der Waals surface area contributed by atoms with Gasteiger partial charge in [0, 0.05) is 10.6 Å². The Morgan fingerprint density at radius 1 is 1.02 bits per heavy atom. The maximum Gasteiger partial charge on any atom is 0.339 e. The summed E-state index contributed by atoms with van der Waals surface area (Å²) in [6.45, 7) is 9.16. The van der Waals surface area contributed by atoms with Crippen LogP contribution in [0.15, 0.2) is 77.7 Å². The lowest BCUT2D eigenvalue weighted by Crippen LogP contribution is -2.54. The van der Waals surface area contributed by atoms with Gasteiger partial charge in [-0.25, -0.2) is 9.69 Å². The zero-order chi connectivity index (χ0) is 29.9. The number of hydrogen-bond donors (Lipinski definition) is 1. The summed E-state index contributed by atoms with van der Waals surface area (Å²) in [4.78, 5) is 39.7. The molecule has 1 aliphatic heterocycles. The van der Waals surface area contributed by atoms with E-state index in [0.717, 1.165) is 10.5 Å². The van der Waals surface area contributed by atoms with Crippen molar-refractivity contribution in [2.24, 2.45) is 0 Å². The van der Waals surface area contributed by atoms with Gasteiger partial charge in [-0.3, -0.25) is 14.9 Å². The van der Waals surface area contributed by atoms with Crippen LogP contribution in [0.5, 0.6) is 11.5 Å². The summed E-state index contributed by atoms with van der Waals surface area (Å²) < 4.78 is 37.5. The van der Waals surface area contributed by atoms with Crippen LogP contribution in [-0.2, 0) is 26.1 Å². The molecule has 1 saturated heterocycles. The van der Waals surface area contributed by atoms with Gasteiger partial charge in [-0.05, 0) is 80.8 Å². The Bertz CT molecular complexity index is 1700. The Kier molecular flexibility index (Phi) is 8.65. The lowest BCUT2D eigenvalue weighted by Gasteiger charge is -2.27. The molecule has 0 unspecified atom stereocenters. The van der Waals surface area contributed by atoms with E-state index in [1.165, 1.54) is 30.3 Å². The highest BCUT2D eigenvalue weighted by atomic mass is 35.5. The zero-order valence-corrected chi connectivity index (χ0v) is 24.1. The summed E-state index contributed by atoms with van der Waals surface area (Å²) in [6.07, 6.45) is 3.03. The van der Waals surface area contributed by atoms with Crippen molar-refractivity contribution in [1.82, 2.24) is 5.32 Å². The molecule has 4 rings (SSSR count). The normalized spacial score (nSPS) is 14.7. The van der Waals surface area contributed by atoms with Crippen LogP contribution in [-0.4, -0.2) is 32.9 Å². The van der Waals surface area contributed by atoms with E-state index in [2.05, 4.69) is 11.9 Å². The van der Waals surface area contributed by atoms with Crippen molar-refractivity contribution < 1.29 is 31.7 Å². The second kappa shape index (κ2) is 12.0. The van der Waals surface area contributed by atoms with Gasteiger partial charge in [-0.2, -0.15) is 8.42 Å². The topological polar surface area (TPSA) is 119 Å². The molecule has 1 aliphatic rings. The fourth-order valence-electron chi connectivity index (χ4n) is 4.16. The molecule has 4 amide bonds. The number of nitrogens with one attached hydrogen (secondary N) is 1. The van der Waals surface area contributed by atoms with Gasteiger partial charge in [-0.1, -0.05) is 41.4 Å². The van der Waals surface area contributed by atoms with E-state index in [-0.39, 0.29) is 40.7 Å². The molecule has 0 atom stereocenters. The van der Waals surface area contributed by atoms with E-state index < -0.39 is 28.0 Å². The summed E-state index contributed by atoms with van der Waals surface area (Å²) in [5.74, 6) is -1.70. The summed E-state index contributed by atoms with van der Waals surface area (Å²) in [5, 5.41) is 2.49. The van der Waals surface area contributed by atoms with Crippen LogP contribution in [0.4, 0.5) is 10.5 Å². The predicted molar refractivity (Wildman–Crippen MR) is 156 cm³/mol. The first kappa shape index (κ1) is 29.6. The first-order valence-corrected chi connectivity index (χ1v) is 14.3. The highest BCUT2D eigenvalue weighted by Gasteiger charge is 2.37. The Hall–Kier alpha value is -4.41. The SMILES string of the molecule is C=CCc1cc(/C=C2\C(=O)NC(=O)N(c3cc(Cl)ccc3C)C2=O)cc(OCC)c1OS(=O)(=O)c1ccc(C)cc1. The van der Waals surface area contributed by atoms with Crippen molar-refractivity contribution in [2.45, 2.75) is 32.1 Å². The Balaban J connectivity index is 1.80. The molecule has 9 nitrogen and oxygen atoms in total. The largest absolute Gasteiger partial charge is 0.490 e. The maximum atomic E-state index is 13.5. The minimum absolute atomic E-state index is 0.0353. The second-order valence-corrected chi connectivity index (χ2v) is 11.2. The van der Waals surface area contributed by atoms with Gasteiger partial charge in [0.15, 0.2) is 11.5 Å². The van der Waals surface area contributed by atoms with Crippen LogP contribution in [0.1, 0.15) is 29.2 Å². The van der Waals surface area contributed by atoms with Crippen molar-refractivity contribution in [3.8, 4) is 11.5 Å². The maximum absolute atomic E-state index is 13.5. The number of allylic oxidation sites excluding steroid dienone is 1. The van der Waals surface area contributed by atoms with Crippen LogP contribution < -0.4 is 19.1 Å². The lowest BCUT2D eigenvalue weighted by molar-refractivity contribution is -0.122. The predicted octanol–water partition coefficient (Wildman–Crippen LogP) is 5.52. The molecule has 0 saturated carbocycles. The molecule has 0 radical (unpaired) electrons. The summed E-state index contributed by atoms with van der Waals surface area (Å²) in [6, 6.07) is 13.0. The van der Waals surface area contributed by atoms with Crippen molar-refractivity contribution in [3.63, 3.8) is 0 Å². The molecule has 0 bridgehead atoms. The third kappa shape index (κ3) is 6.34. The number of urea groups is 1. The third-order valence-corrected chi connectivity index (χ3v) is 7.62. The number of ether oxygens (including phenoxy) is 1. The molecule has 0 aromatic heterocycles. The first-order valence-electron chi connectivity index (χ1n) is 12.5. The second-order valence-electron chi connectivity index (χ2n) is 9.17. The standard InChI is InChI=1S/C30H27ClN2O7S/c1-5-7-21-14-20(16-26(39-6-2)27(21)40-41(37,38)23-12-8-18(3)9-13-23)15-24-28(34)32-30(36)33(29(24)35)25-17-22(31)11-10-19(25)4/h5,8-17H,1,6-7H2,2-4H3,(H,32,34,36)/b24-15+. The average Bonchev–Trinajstić information content (AvgIpc) is 2.91. The van der Waals surface area contributed by atoms with Crippen molar-refractivity contribution in [1.29, 1.82) is 0 Å². The highest BCUT2D eigenvalue weighted by molar-refractivity contribution is 7.87. The third-order valence-electron chi connectivity index (χ3n) is 6.15. The van der Waals surface area contributed by atoms with Gasteiger partial charge in [0.25, 0.3) is 11.8 Å². The molecule has 11 heteroatoms. The molecule has 1 fully saturated rings. The number of benzene rings is 3. The fraction of sp³-hybridized carbons (Fsp3) is 0.167. The number of nitrogens with zero attached hydrogens (tertiary/aromatic N) is 1. The fourth-order valence-corrected chi connectivity index (χ4v) is 5.30. The van der Waals surface area contributed by atoms with E-state index >= 15 is 0 Å². The quantitative estimate of drug-likeness (QED) is 0.150. The molecule has 41 heavy (non-hydrogen) atoms. The Morgan fingerprint density at radius 2 is 1.73 bits per heavy atom. The molecular formula is C30H27ClN2O7S. The smallest absolute Gasteiger partial charge is 0.339 e. The Labute approximate surface area is 243 Å². The molecule has 0 spiro atoms. The molecule has 1 heterocycles. The van der Waals surface area contributed by atoms with Gasteiger partial charge >= 0.3 is 16.1 Å². The van der Waals surface area contributed by atoms with Crippen LogP contribution in [0, 0.1) is 13.8 Å². The molecule has 3 aromatic carbocycles. The van der Waals surface area contributed by atoms with E-state index in [9.17, 15) is 22.8 Å².